The van der Waals surface area contributed by atoms with Crippen LogP contribution < -0.4 is 4.68 Å². The van der Waals surface area contributed by atoms with Gasteiger partial charge in [0, 0.05) is 28.4 Å². The zero-order valence-electron chi connectivity index (χ0n) is 19.2. The molecule has 3 aromatic carbocycles. The Balaban J connectivity index is 1.98. The maximum Gasteiger partial charge on any atom is 0.406 e. The largest absolute Gasteiger partial charge is 0.458 e. The fraction of sp³-hybridized carbons (Fsp3) is 0.138. The number of aromatic nitrogens is 1. The summed E-state index contributed by atoms with van der Waals surface area (Å²) in [7, 11) is 0. The summed E-state index contributed by atoms with van der Waals surface area (Å²) < 4.78 is 7.13. The number of esters is 1. The standard InChI is InChI=1S/C29H27N2O2/c1-4-33-29(32)28-20-26(24-11-7-5-8-12-24)19-27(25-13-9-6-10-14-25)31(28)30-22(3)23-17-15-21(2)16-18-23/h5-20H,4H2,1-3H3/q+1/b30-22+. The highest BCUT2D eigenvalue weighted by atomic mass is 16.5. The van der Waals surface area contributed by atoms with Crippen LogP contribution in [0.5, 0.6) is 0 Å². The number of aryl methyl sites for hydroxylation is 1. The van der Waals surface area contributed by atoms with Gasteiger partial charge in [-0.1, -0.05) is 78.4 Å². The molecule has 0 atom stereocenters. The molecule has 0 radical (unpaired) electrons. The molecule has 0 bridgehead atoms. The quantitative estimate of drug-likeness (QED) is 0.210. The van der Waals surface area contributed by atoms with Gasteiger partial charge in [-0.3, -0.25) is 0 Å². The van der Waals surface area contributed by atoms with Gasteiger partial charge in [-0.15, -0.1) is 0 Å². The molecule has 0 aliphatic carbocycles. The molecule has 4 rings (SSSR count). The van der Waals surface area contributed by atoms with Gasteiger partial charge in [0.25, 0.3) is 0 Å². The minimum atomic E-state index is -0.409. The van der Waals surface area contributed by atoms with Gasteiger partial charge in [-0.2, -0.15) is 0 Å². The first-order valence-electron chi connectivity index (χ1n) is 11.1. The second-order valence-electron chi connectivity index (χ2n) is 7.83. The van der Waals surface area contributed by atoms with Crippen molar-refractivity contribution in [3.8, 4) is 22.4 Å². The van der Waals surface area contributed by atoms with Gasteiger partial charge in [0.2, 0.25) is 5.69 Å². The first-order chi connectivity index (χ1) is 16.1. The number of carbonyl (C=O) groups is 1. The van der Waals surface area contributed by atoms with Crippen LogP contribution in [0.2, 0.25) is 0 Å². The highest BCUT2D eigenvalue weighted by Crippen LogP contribution is 2.25. The van der Waals surface area contributed by atoms with Gasteiger partial charge >= 0.3 is 11.7 Å². The molecular formula is C29H27N2O2+. The van der Waals surface area contributed by atoms with Crippen molar-refractivity contribution in [1.82, 2.24) is 0 Å². The number of nitrogens with zero attached hydrogens (tertiary/aromatic N) is 2. The summed E-state index contributed by atoms with van der Waals surface area (Å²) in [5.74, 6) is -0.409. The number of hydrogen-bond acceptors (Lipinski definition) is 3. The van der Waals surface area contributed by atoms with Crippen LogP contribution in [-0.2, 0) is 4.74 Å². The summed E-state index contributed by atoms with van der Waals surface area (Å²) in [6, 6.07) is 32.1. The van der Waals surface area contributed by atoms with E-state index in [1.165, 1.54) is 5.56 Å². The van der Waals surface area contributed by atoms with Crippen LogP contribution in [0, 0.1) is 6.92 Å². The molecule has 0 N–H and O–H groups in total. The Morgan fingerprint density at radius 3 is 2.03 bits per heavy atom. The Bertz CT molecular complexity index is 1280. The van der Waals surface area contributed by atoms with E-state index in [0.717, 1.165) is 33.7 Å². The zero-order chi connectivity index (χ0) is 23.2. The molecule has 0 aliphatic heterocycles. The van der Waals surface area contributed by atoms with Crippen LogP contribution in [0.3, 0.4) is 0 Å². The van der Waals surface area contributed by atoms with E-state index in [0.29, 0.717) is 5.69 Å². The van der Waals surface area contributed by atoms with Crippen LogP contribution in [0.25, 0.3) is 22.4 Å². The normalized spacial score (nSPS) is 11.3. The minimum Gasteiger partial charge on any atom is -0.458 e. The Morgan fingerprint density at radius 2 is 1.42 bits per heavy atom. The molecular weight excluding hydrogens is 408 g/mol. The van der Waals surface area contributed by atoms with Crippen LogP contribution in [0.1, 0.15) is 35.5 Å². The highest BCUT2D eigenvalue weighted by Gasteiger charge is 2.28. The van der Waals surface area contributed by atoms with Gasteiger partial charge in [0.15, 0.2) is 0 Å². The van der Waals surface area contributed by atoms with E-state index in [-0.39, 0.29) is 6.61 Å². The topological polar surface area (TPSA) is 42.5 Å². The molecule has 1 heterocycles. The third kappa shape index (κ3) is 5.07. The van der Waals surface area contributed by atoms with Crippen LogP contribution in [-0.4, -0.2) is 18.3 Å². The number of carbonyl (C=O) groups excluding carboxylic acids is 1. The lowest BCUT2D eigenvalue weighted by molar-refractivity contribution is -0.670. The predicted octanol–water partition coefficient (Wildman–Crippen LogP) is 6.07. The van der Waals surface area contributed by atoms with Crippen LogP contribution in [0.15, 0.2) is 102 Å². The number of benzene rings is 3. The lowest BCUT2D eigenvalue weighted by Gasteiger charge is -2.09. The van der Waals surface area contributed by atoms with Gasteiger partial charge in [0.1, 0.15) is 5.71 Å². The number of pyridine rings is 1. The fourth-order valence-electron chi connectivity index (χ4n) is 3.66. The number of ether oxygens (including phenoxy) is 1. The molecule has 33 heavy (non-hydrogen) atoms. The average Bonchev–Trinajstić information content (AvgIpc) is 2.85. The summed E-state index contributed by atoms with van der Waals surface area (Å²) >= 11 is 0. The SMILES string of the molecule is CCOC(=O)c1cc(-c2ccccc2)cc(-c2ccccc2)[n+]1/N=C(\C)c1ccc(C)cc1. The predicted molar refractivity (Wildman–Crippen MR) is 132 cm³/mol. The minimum absolute atomic E-state index is 0.287. The maximum absolute atomic E-state index is 13.1. The fourth-order valence-corrected chi connectivity index (χ4v) is 3.66. The van der Waals surface area contributed by atoms with E-state index in [1.807, 2.05) is 92.7 Å². The summed E-state index contributed by atoms with van der Waals surface area (Å²) in [4.78, 5) is 13.1. The van der Waals surface area contributed by atoms with Gasteiger partial charge < -0.3 is 4.74 Å². The van der Waals surface area contributed by atoms with Gasteiger partial charge in [0.05, 0.1) is 6.61 Å². The van der Waals surface area contributed by atoms with Gasteiger partial charge in [-0.25, -0.2) is 4.79 Å². The van der Waals surface area contributed by atoms with E-state index >= 15 is 0 Å². The molecule has 0 fully saturated rings. The summed E-state index contributed by atoms with van der Waals surface area (Å²) in [6.45, 7) is 6.10. The summed E-state index contributed by atoms with van der Waals surface area (Å²) in [5, 5.41) is 4.91. The van der Waals surface area contributed by atoms with Crippen molar-refractivity contribution in [2.45, 2.75) is 20.8 Å². The Morgan fingerprint density at radius 1 is 0.818 bits per heavy atom. The molecule has 0 unspecified atom stereocenters. The zero-order valence-corrected chi connectivity index (χ0v) is 19.2. The molecule has 4 nitrogen and oxygen atoms in total. The monoisotopic (exact) mass is 435 g/mol. The Hall–Kier alpha value is -4.05. The molecule has 164 valence electrons. The van der Waals surface area contributed by atoms with Crippen molar-refractivity contribution in [1.29, 1.82) is 0 Å². The molecule has 0 amide bonds. The van der Waals surface area contributed by atoms with E-state index in [2.05, 4.69) is 25.1 Å². The molecule has 1 aromatic heterocycles. The Kier molecular flexibility index (Phi) is 6.75. The molecule has 0 saturated heterocycles. The second kappa shape index (κ2) is 10.0. The van der Waals surface area contributed by atoms with E-state index < -0.39 is 5.97 Å². The van der Waals surface area contributed by atoms with Crippen molar-refractivity contribution in [2.24, 2.45) is 5.10 Å². The Labute approximate surface area is 194 Å². The first kappa shape index (κ1) is 22.2. The first-order valence-corrected chi connectivity index (χ1v) is 11.1. The maximum atomic E-state index is 13.1. The van der Waals surface area contributed by atoms with Crippen LogP contribution >= 0.6 is 0 Å². The lowest BCUT2D eigenvalue weighted by Crippen LogP contribution is -2.40. The molecule has 0 spiro atoms. The molecule has 4 heteroatoms. The smallest absolute Gasteiger partial charge is 0.406 e. The molecule has 0 saturated carbocycles. The number of hydrogen-bond donors (Lipinski definition) is 0. The summed E-state index contributed by atoms with van der Waals surface area (Å²) in [6.07, 6.45) is 0. The number of rotatable bonds is 6. The molecule has 0 aliphatic rings. The van der Waals surface area contributed by atoms with Crippen molar-refractivity contribution in [3.63, 3.8) is 0 Å². The summed E-state index contributed by atoms with van der Waals surface area (Å²) in [5.41, 5.74) is 7.08. The van der Waals surface area contributed by atoms with Gasteiger partial charge in [-0.05, 0) is 48.7 Å². The molecule has 4 aromatic rings. The lowest BCUT2D eigenvalue weighted by atomic mass is 10.0. The van der Waals surface area contributed by atoms with Crippen LogP contribution in [0.4, 0.5) is 0 Å². The third-order valence-electron chi connectivity index (χ3n) is 5.42. The van der Waals surface area contributed by atoms with Crippen molar-refractivity contribution in [3.05, 3.63) is 114 Å². The second-order valence-corrected chi connectivity index (χ2v) is 7.83. The highest BCUT2D eigenvalue weighted by molar-refractivity contribution is 5.98. The van der Waals surface area contributed by atoms with Crippen molar-refractivity contribution < 1.29 is 14.2 Å². The van der Waals surface area contributed by atoms with Crippen molar-refractivity contribution >= 4 is 11.7 Å². The third-order valence-corrected chi connectivity index (χ3v) is 5.42. The van der Waals surface area contributed by atoms with E-state index in [9.17, 15) is 4.79 Å². The van der Waals surface area contributed by atoms with Crippen molar-refractivity contribution in [2.75, 3.05) is 6.61 Å². The van der Waals surface area contributed by atoms with E-state index in [4.69, 9.17) is 9.84 Å². The van der Waals surface area contributed by atoms with E-state index in [1.54, 1.807) is 4.68 Å². The average molecular weight is 436 g/mol.